The molecule has 1 aliphatic rings. The van der Waals surface area contributed by atoms with E-state index in [1.807, 2.05) is 67.6 Å². The topological polar surface area (TPSA) is 121 Å². The highest BCUT2D eigenvalue weighted by molar-refractivity contribution is 5.54. The highest BCUT2D eigenvalue weighted by atomic mass is 16.3. The van der Waals surface area contributed by atoms with E-state index in [9.17, 15) is 30.6 Å². The molecule has 5 atom stereocenters. The van der Waals surface area contributed by atoms with Crippen molar-refractivity contribution >= 4 is 0 Å². The average Bonchev–Trinajstić information content (AvgIpc) is 3.21. The molecular formula is C54H60O6. The van der Waals surface area contributed by atoms with Gasteiger partial charge in [-0.2, -0.15) is 0 Å². The van der Waals surface area contributed by atoms with E-state index in [-0.39, 0.29) is 51.7 Å². The summed E-state index contributed by atoms with van der Waals surface area (Å²) in [5.41, 5.74) is 6.03. The molecule has 0 bridgehead atoms. The number of rotatable bonds is 12. The van der Waals surface area contributed by atoms with Crippen molar-refractivity contribution in [2.24, 2.45) is 11.3 Å². The molecule has 0 saturated heterocycles. The summed E-state index contributed by atoms with van der Waals surface area (Å²) in [4.78, 5) is 0. The minimum Gasteiger partial charge on any atom is -0.508 e. The predicted molar refractivity (Wildman–Crippen MR) is 241 cm³/mol. The monoisotopic (exact) mass is 804 g/mol. The van der Waals surface area contributed by atoms with Crippen molar-refractivity contribution < 1.29 is 30.6 Å². The second-order valence-electron chi connectivity index (χ2n) is 18.6. The second kappa shape index (κ2) is 16.6. The lowest BCUT2D eigenvalue weighted by atomic mass is 9.48. The van der Waals surface area contributed by atoms with Gasteiger partial charge < -0.3 is 30.6 Å². The second-order valence-corrected chi connectivity index (χ2v) is 18.6. The molecular weight excluding hydrogens is 745 g/mol. The Bertz CT molecular complexity index is 2430. The van der Waals surface area contributed by atoms with E-state index in [1.54, 1.807) is 54.6 Å². The maximum absolute atomic E-state index is 11.9. The third kappa shape index (κ3) is 8.04. The first kappa shape index (κ1) is 42.3. The van der Waals surface area contributed by atoms with Gasteiger partial charge in [-0.3, -0.25) is 0 Å². The summed E-state index contributed by atoms with van der Waals surface area (Å²) in [6.07, 6.45) is 3.88. The first-order chi connectivity index (χ1) is 28.6. The Hall–Kier alpha value is -5.88. The van der Waals surface area contributed by atoms with Crippen LogP contribution in [-0.2, 0) is 10.8 Å². The van der Waals surface area contributed by atoms with Crippen LogP contribution in [0, 0.1) is 11.3 Å². The quantitative estimate of drug-likeness (QED) is 0.0733. The van der Waals surface area contributed by atoms with Crippen LogP contribution in [0.1, 0.15) is 136 Å². The zero-order valence-corrected chi connectivity index (χ0v) is 35.7. The van der Waals surface area contributed by atoms with Gasteiger partial charge in [0.25, 0.3) is 0 Å². The van der Waals surface area contributed by atoms with E-state index < -0.39 is 16.7 Å². The summed E-state index contributed by atoms with van der Waals surface area (Å²) in [5.74, 6) is 0.918. The van der Waals surface area contributed by atoms with Gasteiger partial charge >= 0.3 is 0 Å². The van der Waals surface area contributed by atoms with E-state index in [1.165, 1.54) is 0 Å². The number of aromatic hydroxyl groups is 6. The lowest BCUT2D eigenvalue weighted by Gasteiger charge is -2.56. The number of para-hydroxylation sites is 2. The number of hydrogen-bond donors (Lipinski definition) is 6. The van der Waals surface area contributed by atoms with Crippen molar-refractivity contribution in [3.05, 3.63) is 178 Å². The Balaban J connectivity index is 1.35. The van der Waals surface area contributed by atoms with Crippen LogP contribution in [0.3, 0.4) is 0 Å². The van der Waals surface area contributed by atoms with Gasteiger partial charge in [-0.1, -0.05) is 126 Å². The first-order valence-electron chi connectivity index (χ1n) is 21.4. The van der Waals surface area contributed by atoms with Crippen molar-refractivity contribution in [2.75, 3.05) is 0 Å². The van der Waals surface area contributed by atoms with Crippen LogP contribution in [0.15, 0.2) is 133 Å². The Morgan fingerprint density at radius 3 is 1.55 bits per heavy atom. The first-order valence-corrected chi connectivity index (χ1v) is 21.4. The average molecular weight is 805 g/mol. The van der Waals surface area contributed by atoms with E-state index in [2.05, 4.69) is 52.8 Å². The van der Waals surface area contributed by atoms with E-state index in [4.69, 9.17) is 0 Å². The Morgan fingerprint density at radius 1 is 0.567 bits per heavy atom. The van der Waals surface area contributed by atoms with Crippen molar-refractivity contribution in [1.82, 2.24) is 0 Å². The molecule has 5 unspecified atom stereocenters. The van der Waals surface area contributed by atoms with Crippen LogP contribution in [0.5, 0.6) is 34.5 Å². The van der Waals surface area contributed by atoms with Gasteiger partial charge in [-0.05, 0) is 120 Å². The largest absolute Gasteiger partial charge is 0.508 e. The molecule has 1 fully saturated rings. The molecule has 312 valence electrons. The zero-order valence-electron chi connectivity index (χ0n) is 35.7. The molecule has 1 saturated carbocycles. The number of hydrogen-bond acceptors (Lipinski definition) is 6. The van der Waals surface area contributed by atoms with E-state index >= 15 is 0 Å². The molecule has 0 aromatic heterocycles. The molecule has 0 radical (unpaired) electrons. The molecule has 6 aromatic carbocycles. The lowest BCUT2D eigenvalue weighted by Crippen LogP contribution is -2.48. The van der Waals surface area contributed by atoms with Crippen molar-refractivity contribution in [2.45, 2.75) is 102 Å². The van der Waals surface area contributed by atoms with Crippen LogP contribution in [0.4, 0.5) is 0 Å². The van der Waals surface area contributed by atoms with E-state index in [0.717, 1.165) is 51.8 Å². The molecule has 7 rings (SSSR count). The van der Waals surface area contributed by atoms with Gasteiger partial charge in [0.15, 0.2) is 0 Å². The Labute approximate surface area is 355 Å². The van der Waals surface area contributed by atoms with Crippen LogP contribution >= 0.6 is 0 Å². The maximum atomic E-state index is 11.9. The van der Waals surface area contributed by atoms with Crippen LogP contribution < -0.4 is 0 Å². The van der Waals surface area contributed by atoms with Crippen LogP contribution in [-0.4, -0.2) is 30.6 Å². The van der Waals surface area contributed by atoms with Crippen molar-refractivity contribution in [1.29, 1.82) is 0 Å². The molecule has 60 heavy (non-hydrogen) atoms. The highest BCUT2D eigenvalue weighted by Crippen LogP contribution is 2.62. The minimum atomic E-state index is -0.578. The maximum Gasteiger partial charge on any atom is 0.119 e. The van der Waals surface area contributed by atoms with Gasteiger partial charge in [0.1, 0.15) is 34.5 Å². The lowest BCUT2D eigenvalue weighted by molar-refractivity contribution is 0.0582. The fraction of sp³-hybridized carbons (Fsp3) is 0.333. The van der Waals surface area contributed by atoms with E-state index in [0.29, 0.717) is 30.7 Å². The summed E-state index contributed by atoms with van der Waals surface area (Å²) >= 11 is 0. The predicted octanol–water partition coefficient (Wildman–Crippen LogP) is 12.9. The Morgan fingerprint density at radius 2 is 1.03 bits per heavy atom. The normalized spacial score (nSPS) is 20.0. The molecule has 0 amide bonds. The molecule has 6 N–H and O–H groups in total. The molecule has 0 heterocycles. The minimum absolute atomic E-state index is 0.0451. The standard InChI is InChI=1S/C54H60O6/c1-7-41(43-12-8-10-14-47(43)57)45-30-37(20-26-49(45)59)53(5,6)38-21-27-50(60)46(31-38)42(44-13-9-11-15-48(44)58)28-29-54(36-18-24-40(56)25-19-36)33-34(2)32-52(3,4)51(54)35-16-22-39(55)23-17-35/h8-27,30-31,34,41-42,51,55-60H,7,28-29,32-33H2,1-6H3. The van der Waals surface area contributed by atoms with Crippen molar-refractivity contribution in [3.63, 3.8) is 0 Å². The summed E-state index contributed by atoms with van der Waals surface area (Å²) in [6, 6.07) is 41.5. The van der Waals surface area contributed by atoms with Gasteiger partial charge in [-0.25, -0.2) is 0 Å². The molecule has 6 nitrogen and oxygen atoms in total. The fourth-order valence-corrected chi connectivity index (χ4v) is 11.1. The van der Waals surface area contributed by atoms with Crippen LogP contribution in [0.2, 0.25) is 0 Å². The van der Waals surface area contributed by atoms with Crippen molar-refractivity contribution in [3.8, 4) is 34.5 Å². The molecule has 6 heteroatoms. The van der Waals surface area contributed by atoms with Crippen LogP contribution in [0.25, 0.3) is 0 Å². The van der Waals surface area contributed by atoms with Gasteiger partial charge in [0, 0.05) is 44.9 Å². The smallest absolute Gasteiger partial charge is 0.119 e. The van der Waals surface area contributed by atoms with Gasteiger partial charge in [-0.15, -0.1) is 0 Å². The molecule has 0 spiro atoms. The summed E-state index contributed by atoms with van der Waals surface area (Å²) in [6.45, 7) is 13.3. The highest BCUT2D eigenvalue weighted by Gasteiger charge is 2.53. The number of phenols is 6. The molecule has 0 aliphatic heterocycles. The SMILES string of the molecule is CCC(c1ccccc1O)c1cc(C(C)(C)c2ccc(O)c(C(CCC3(c4ccc(O)cc4)CC(C)CC(C)(C)C3c3ccc(O)cc3)c3ccccc3O)c2)ccc1O. The molecule has 6 aromatic rings. The third-order valence-electron chi connectivity index (χ3n) is 13.8. The Kier molecular flexibility index (Phi) is 11.7. The third-order valence-corrected chi connectivity index (χ3v) is 13.8. The summed E-state index contributed by atoms with van der Waals surface area (Å²) < 4.78 is 0. The van der Waals surface area contributed by atoms with Gasteiger partial charge in [0.2, 0.25) is 0 Å². The fourth-order valence-electron chi connectivity index (χ4n) is 11.1. The molecule has 1 aliphatic carbocycles. The van der Waals surface area contributed by atoms with Gasteiger partial charge in [0.05, 0.1) is 0 Å². The number of benzene rings is 6. The summed E-state index contributed by atoms with van der Waals surface area (Å²) in [7, 11) is 0. The zero-order chi connectivity index (χ0) is 43.0. The number of phenolic OH excluding ortho intramolecular Hbond substituents is 6. The summed E-state index contributed by atoms with van der Waals surface area (Å²) in [5, 5.41) is 66.3.